The molecule has 3 rings (SSSR count). The third-order valence-electron chi connectivity index (χ3n) is 3.78. The Labute approximate surface area is 144 Å². The summed E-state index contributed by atoms with van der Waals surface area (Å²) in [5.74, 6) is -0.731. The summed E-state index contributed by atoms with van der Waals surface area (Å²) in [6.07, 6.45) is 0. The van der Waals surface area contributed by atoms with Crippen LogP contribution < -0.4 is 5.32 Å². The van der Waals surface area contributed by atoms with Gasteiger partial charge in [0.15, 0.2) is 0 Å². The molecule has 1 N–H and O–H groups in total. The molecule has 0 atom stereocenters. The van der Waals surface area contributed by atoms with Crippen LogP contribution in [0.15, 0.2) is 47.4 Å². The number of carbonyl (C=O) groups excluding carboxylic acids is 3. The second-order valence-electron chi connectivity index (χ2n) is 5.55. The Morgan fingerprint density at radius 2 is 1.79 bits per heavy atom. The largest absolute Gasteiger partial charge is 0.325 e. The number of imide groups is 1. The van der Waals surface area contributed by atoms with Crippen LogP contribution in [0.3, 0.4) is 0 Å². The van der Waals surface area contributed by atoms with E-state index in [1.165, 1.54) is 18.8 Å². The Bertz CT molecular complexity index is 831. The fourth-order valence-corrected chi connectivity index (χ4v) is 3.17. The maximum absolute atomic E-state index is 12.2. The first-order valence-corrected chi connectivity index (χ1v) is 8.40. The van der Waals surface area contributed by atoms with Crippen LogP contribution in [0.25, 0.3) is 0 Å². The third-order valence-corrected chi connectivity index (χ3v) is 4.80. The van der Waals surface area contributed by atoms with Crippen molar-refractivity contribution in [1.82, 2.24) is 4.90 Å². The number of anilines is 1. The van der Waals surface area contributed by atoms with Crippen molar-refractivity contribution in [1.29, 1.82) is 0 Å². The average Bonchev–Trinajstić information content (AvgIpc) is 2.80. The van der Waals surface area contributed by atoms with Crippen molar-refractivity contribution in [3.63, 3.8) is 0 Å². The van der Waals surface area contributed by atoms with Gasteiger partial charge in [-0.2, -0.15) is 0 Å². The van der Waals surface area contributed by atoms with E-state index in [1.54, 1.807) is 18.2 Å². The molecule has 1 aliphatic heterocycles. The average molecular weight is 340 g/mol. The molecule has 2 aromatic carbocycles. The van der Waals surface area contributed by atoms with Gasteiger partial charge in [0.05, 0.1) is 22.6 Å². The zero-order chi connectivity index (χ0) is 17.3. The lowest BCUT2D eigenvalue weighted by Gasteiger charge is -2.09. The fourth-order valence-electron chi connectivity index (χ4n) is 2.48. The molecule has 3 amide bonds. The van der Waals surface area contributed by atoms with Crippen molar-refractivity contribution in [2.24, 2.45) is 0 Å². The number of aryl methyl sites for hydroxylation is 1. The Morgan fingerprint density at radius 3 is 2.50 bits per heavy atom. The number of thioether (sulfide) groups is 1. The number of hydrogen-bond acceptors (Lipinski definition) is 4. The second-order valence-corrected chi connectivity index (χ2v) is 6.60. The number of benzene rings is 2. The lowest BCUT2D eigenvalue weighted by Crippen LogP contribution is -2.24. The maximum Gasteiger partial charge on any atom is 0.263 e. The van der Waals surface area contributed by atoms with E-state index in [0.717, 1.165) is 15.4 Å². The smallest absolute Gasteiger partial charge is 0.263 e. The van der Waals surface area contributed by atoms with E-state index in [9.17, 15) is 14.4 Å². The number of rotatable bonds is 4. The number of nitrogens with one attached hydrogen (secondary N) is 1. The lowest BCUT2D eigenvalue weighted by atomic mass is 10.1. The third kappa shape index (κ3) is 3.05. The Morgan fingerprint density at radius 1 is 1.08 bits per heavy atom. The molecule has 0 unspecified atom stereocenters. The topological polar surface area (TPSA) is 66.5 Å². The predicted octanol–water partition coefficient (Wildman–Crippen LogP) is 2.95. The summed E-state index contributed by atoms with van der Waals surface area (Å²) in [4.78, 5) is 38.4. The van der Waals surface area contributed by atoms with E-state index >= 15 is 0 Å². The van der Waals surface area contributed by atoms with Crippen LogP contribution >= 0.6 is 11.8 Å². The molecule has 2 aromatic rings. The molecular formula is C18H16N2O3S. The highest BCUT2D eigenvalue weighted by molar-refractivity contribution is 8.00. The molecule has 1 aliphatic rings. The van der Waals surface area contributed by atoms with Gasteiger partial charge in [0.25, 0.3) is 11.8 Å². The van der Waals surface area contributed by atoms with Gasteiger partial charge < -0.3 is 5.32 Å². The summed E-state index contributed by atoms with van der Waals surface area (Å²) < 4.78 is 0. The van der Waals surface area contributed by atoms with E-state index < -0.39 is 5.91 Å². The van der Waals surface area contributed by atoms with Gasteiger partial charge in [0.2, 0.25) is 5.91 Å². The van der Waals surface area contributed by atoms with E-state index in [0.29, 0.717) is 11.3 Å². The van der Waals surface area contributed by atoms with Crippen LogP contribution in [0, 0.1) is 6.92 Å². The highest BCUT2D eigenvalue weighted by Gasteiger charge is 2.35. The molecule has 0 saturated carbocycles. The summed E-state index contributed by atoms with van der Waals surface area (Å²) in [6, 6.07) is 12.8. The summed E-state index contributed by atoms with van der Waals surface area (Å²) >= 11 is 1.42. The first-order chi connectivity index (χ1) is 11.5. The molecule has 0 aromatic heterocycles. The normalized spacial score (nSPS) is 13.2. The summed E-state index contributed by atoms with van der Waals surface area (Å²) in [5, 5.41) is 2.74. The Hall–Kier alpha value is -2.60. The van der Waals surface area contributed by atoms with E-state index in [2.05, 4.69) is 5.32 Å². The SMILES string of the molecule is Cc1ccc(SCC(=O)Nc2cccc3c2C(=O)N(C)C3=O)cc1. The molecule has 6 heteroatoms. The van der Waals surface area contributed by atoms with E-state index in [-0.39, 0.29) is 23.1 Å². The lowest BCUT2D eigenvalue weighted by molar-refractivity contribution is -0.113. The van der Waals surface area contributed by atoms with Crippen LogP contribution in [-0.4, -0.2) is 35.4 Å². The molecule has 122 valence electrons. The quantitative estimate of drug-likeness (QED) is 0.686. The second kappa shape index (κ2) is 6.49. The van der Waals surface area contributed by atoms with Gasteiger partial charge in [-0.3, -0.25) is 19.3 Å². The van der Waals surface area contributed by atoms with E-state index in [4.69, 9.17) is 0 Å². The van der Waals surface area contributed by atoms with E-state index in [1.807, 2.05) is 31.2 Å². The number of fused-ring (bicyclic) bond motifs is 1. The number of amides is 3. The highest BCUT2D eigenvalue weighted by Crippen LogP contribution is 2.28. The molecule has 0 radical (unpaired) electrons. The first kappa shape index (κ1) is 16.3. The van der Waals surface area contributed by atoms with Crippen LogP contribution in [0.5, 0.6) is 0 Å². The molecule has 0 spiro atoms. The minimum Gasteiger partial charge on any atom is -0.325 e. The van der Waals surface area contributed by atoms with Crippen molar-refractivity contribution < 1.29 is 14.4 Å². The van der Waals surface area contributed by atoms with Crippen molar-refractivity contribution in [2.75, 3.05) is 18.1 Å². The molecule has 1 heterocycles. The summed E-state index contributed by atoms with van der Waals surface area (Å²) in [5.41, 5.74) is 2.13. The van der Waals surface area contributed by atoms with Gasteiger partial charge in [0.1, 0.15) is 0 Å². The van der Waals surface area contributed by atoms with Gasteiger partial charge in [-0.15, -0.1) is 11.8 Å². The van der Waals surface area contributed by atoms with Gasteiger partial charge >= 0.3 is 0 Å². The molecule has 0 fully saturated rings. The van der Waals surface area contributed by atoms with Crippen LogP contribution in [0.2, 0.25) is 0 Å². The summed E-state index contributed by atoms with van der Waals surface area (Å²) in [7, 11) is 1.43. The highest BCUT2D eigenvalue weighted by atomic mass is 32.2. The fraction of sp³-hybridized carbons (Fsp3) is 0.167. The van der Waals surface area contributed by atoms with Crippen molar-refractivity contribution in [3.8, 4) is 0 Å². The Balaban J connectivity index is 1.71. The molecular weight excluding hydrogens is 324 g/mol. The summed E-state index contributed by atoms with van der Waals surface area (Å²) in [6.45, 7) is 2.01. The van der Waals surface area contributed by atoms with Gasteiger partial charge in [-0.05, 0) is 31.2 Å². The van der Waals surface area contributed by atoms with Crippen molar-refractivity contribution in [2.45, 2.75) is 11.8 Å². The van der Waals surface area contributed by atoms with Gasteiger partial charge in [-0.25, -0.2) is 0 Å². The molecule has 5 nitrogen and oxygen atoms in total. The number of hydrogen-bond donors (Lipinski definition) is 1. The maximum atomic E-state index is 12.2. The monoisotopic (exact) mass is 340 g/mol. The molecule has 0 saturated heterocycles. The van der Waals surface area contributed by atoms with Crippen LogP contribution in [0.1, 0.15) is 26.3 Å². The van der Waals surface area contributed by atoms with Crippen LogP contribution in [-0.2, 0) is 4.79 Å². The molecule has 24 heavy (non-hydrogen) atoms. The van der Waals surface area contributed by atoms with Gasteiger partial charge in [0, 0.05) is 11.9 Å². The zero-order valence-corrected chi connectivity index (χ0v) is 14.1. The zero-order valence-electron chi connectivity index (χ0n) is 13.3. The molecule has 0 bridgehead atoms. The minimum absolute atomic E-state index is 0.219. The number of carbonyl (C=O) groups is 3. The minimum atomic E-state index is -0.392. The van der Waals surface area contributed by atoms with Crippen molar-refractivity contribution >= 4 is 35.2 Å². The first-order valence-electron chi connectivity index (χ1n) is 7.42. The number of nitrogens with zero attached hydrogens (tertiary/aromatic N) is 1. The predicted molar refractivity (Wildman–Crippen MR) is 93.4 cm³/mol. The standard InChI is InChI=1S/C18H16N2O3S/c1-11-6-8-12(9-7-11)24-10-15(21)19-14-5-3-4-13-16(14)18(23)20(2)17(13)22/h3-9H,10H2,1-2H3,(H,19,21). The van der Waals surface area contributed by atoms with Crippen molar-refractivity contribution in [3.05, 3.63) is 59.2 Å². The molecule has 0 aliphatic carbocycles. The Kier molecular flexibility index (Phi) is 4.40. The van der Waals surface area contributed by atoms with Gasteiger partial charge in [-0.1, -0.05) is 23.8 Å². The van der Waals surface area contributed by atoms with Crippen LogP contribution in [0.4, 0.5) is 5.69 Å².